The number of thiophene rings is 1. The quantitative estimate of drug-likeness (QED) is 0.187. The van der Waals surface area contributed by atoms with Crippen molar-refractivity contribution < 1.29 is 4.42 Å². The lowest BCUT2D eigenvalue weighted by Crippen LogP contribution is -2.00. The Hall–Kier alpha value is -6.63. The lowest BCUT2D eigenvalue weighted by atomic mass is 10.0. The topological polar surface area (TPSA) is 56.7 Å². The SMILES string of the molecule is c1ccc(-c2nc(-c3cccc4oc5cc6c7ccccc7n(-c7ccccc7)c6cc5c34)nc(-c3cccc4sc5ccccc5c34)n2)cc1. The van der Waals surface area contributed by atoms with E-state index in [0.717, 1.165) is 66.1 Å². The fourth-order valence-electron chi connectivity index (χ4n) is 7.62. The van der Waals surface area contributed by atoms with Crippen molar-refractivity contribution in [2.45, 2.75) is 0 Å². The van der Waals surface area contributed by atoms with Crippen LogP contribution in [0.15, 0.2) is 162 Å². The second kappa shape index (κ2) is 10.9. The molecule has 0 atom stereocenters. The summed E-state index contributed by atoms with van der Waals surface area (Å²) in [6.45, 7) is 0. The second-order valence-corrected chi connectivity index (χ2v) is 13.9. The maximum absolute atomic E-state index is 6.63. The van der Waals surface area contributed by atoms with E-state index in [9.17, 15) is 0 Å². The first kappa shape index (κ1) is 28.2. The molecule has 4 heterocycles. The number of hydrogen-bond acceptors (Lipinski definition) is 5. The van der Waals surface area contributed by atoms with Crippen LogP contribution in [0.2, 0.25) is 0 Å². The Kier molecular flexibility index (Phi) is 6.05. The molecule has 4 aromatic heterocycles. The summed E-state index contributed by atoms with van der Waals surface area (Å²) < 4.78 is 11.4. The van der Waals surface area contributed by atoms with Gasteiger partial charge in [-0.2, -0.15) is 0 Å². The minimum absolute atomic E-state index is 0.604. The molecule has 0 saturated heterocycles. The molecule has 0 fully saturated rings. The second-order valence-electron chi connectivity index (χ2n) is 12.8. The predicted octanol–water partition coefficient (Wildman–Crippen LogP) is 12.2. The van der Waals surface area contributed by atoms with Crippen LogP contribution in [-0.2, 0) is 0 Å². The highest BCUT2D eigenvalue weighted by molar-refractivity contribution is 7.25. The van der Waals surface area contributed by atoms with Crippen LogP contribution in [0.3, 0.4) is 0 Å². The van der Waals surface area contributed by atoms with E-state index >= 15 is 0 Å². The normalized spacial score (nSPS) is 11.9. The summed E-state index contributed by atoms with van der Waals surface area (Å²) >= 11 is 1.79. The summed E-state index contributed by atoms with van der Waals surface area (Å²) in [6.07, 6.45) is 0. The zero-order valence-corrected chi connectivity index (χ0v) is 27.9. The lowest BCUT2D eigenvalue weighted by molar-refractivity contribution is 0.669. The molecule has 0 aliphatic carbocycles. The van der Waals surface area contributed by atoms with E-state index in [1.54, 1.807) is 11.3 Å². The van der Waals surface area contributed by atoms with E-state index < -0.39 is 0 Å². The first-order chi connectivity index (χ1) is 25.3. The highest BCUT2D eigenvalue weighted by Crippen LogP contribution is 2.43. The lowest BCUT2D eigenvalue weighted by Gasteiger charge is -2.10. The van der Waals surface area contributed by atoms with Gasteiger partial charge in [-0.15, -0.1) is 11.3 Å². The van der Waals surface area contributed by atoms with Crippen LogP contribution in [0.5, 0.6) is 0 Å². The average molecular weight is 671 g/mol. The van der Waals surface area contributed by atoms with Gasteiger partial charge in [-0.25, -0.2) is 15.0 Å². The van der Waals surface area contributed by atoms with Gasteiger partial charge in [-0.05, 0) is 48.5 Å². The van der Waals surface area contributed by atoms with Crippen molar-refractivity contribution in [1.29, 1.82) is 0 Å². The highest BCUT2D eigenvalue weighted by Gasteiger charge is 2.21. The molecule has 0 bridgehead atoms. The van der Waals surface area contributed by atoms with Gasteiger partial charge in [0.05, 0.1) is 11.0 Å². The molecule has 11 rings (SSSR count). The number of furan rings is 1. The van der Waals surface area contributed by atoms with Gasteiger partial charge in [0, 0.05) is 64.1 Å². The molecule has 0 amide bonds. The number of benzene rings is 7. The Morgan fingerprint density at radius 3 is 1.90 bits per heavy atom. The van der Waals surface area contributed by atoms with E-state index in [-0.39, 0.29) is 0 Å². The Morgan fingerprint density at radius 1 is 0.431 bits per heavy atom. The molecule has 6 heteroatoms. The Bertz CT molecular complexity index is 3140. The van der Waals surface area contributed by atoms with Gasteiger partial charge in [-0.3, -0.25) is 0 Å². The van der Waals surface area contributed by atoms with Crippen LogP contribution in [-0.4, -0.2) is 19.5 Å². The van der Waals surface area contributed by atoms with E-state index in [4.69, 9.17) is 19.4 Å². The van der Waals surface area contributed by atoms with E-state index in [2.05, 4.69) is 132 Å². The fraction of sp³-hybridized carbons (Fsp3) is 0. The summed E-state index contributed by atoms with van der Waals surface area (Å²) in [6, 6.07) is 54.8. The standard InChI is InChI=1S/C45H26N4OS/c1-3-13-27(14-4-1)43-46-44(48-45(47-43)32-20-12-24-40-42(32)30-18-8-10-23-39(30)51-40)31-19-11-22-37-41(31)34-25-36-33(26-38(34)50-37)29-17-7-9-21-35(29)49(36)28-15-5-2-6-16-28/h1-26H. The summed E-state index contributed by atoms with van der Waals surface area (Å²) in [5.41, 5.74) is 7.82. The van der Waals surface area contributed by atoms with Crippen LogP contribution in [0.25, 0.3) is 104 Å². The third-order valence-electron chi connectivity index (χ3n) is 9.86. The molecule has 238 valence electrons. The third kappa shape index (κ3) is 4.30. The maximum Gasteiger partial charge on any atom is 0.164 e. The molecule has 0 aliphatic rings. The smallest absolute Gasteiger partial charge is 0.164 e. The largest absolute Gasteiger partial charge is 0.456 e. The molecule has 0 unspecified atom stereocenters. The Balaban J connectivity index is 1.21. The van der Waals surface area contributed by atoms with Crippen molar-refractivity contribution in [3.05, 3.63) is 158 Å². The molecule has 51 heavy (non-hydrogen) atoms. The van der Waals surface area contributed by atoms with Crippen molar-refractivity contribution in [3.63, 3.8) is 0 Å². The summed E-state index contributed by atoms with van der Waals surface area (Å²) in [7, 11) is 0. The first-order valence-corrected chi connectivity index (χ1v) is 17.8. The van der Waals surface area contributed by atoms with Gasteiger partial charge in [0.1, 0.15) is 11.2 Å². The number of para-hydroxylation sites is 2. The van der Waals surface area contributed by atoms with Crippen molar-refractivity contribution in [3.8, 4) is 39.9 Å². The molecule has 0 saturated carbocycles. The van der Waals surface area contributed by atoms with Gasteiger partial charge in [0.15, 0.2) is 17.5 Å². The zero-order chi connectivity index (χ0) is 33.5. The van der Waals surface area contributed by atoms with Gasteiger partial charge in [-0.1, -0.05) is 109 Å². The molecule has 0 aliphatic heterocycles. The third-order valence-corrected chi connectivity index (χ3v) is 11.0. The number of nitrogens with zero attached hydrogens (tertiary/aromatic N) is 4. The van der Waals surface area contributed by atoms with Crippen LogP contribution in [0, 0.1) is 0 Å². The first-order valence-electron chi connectivity index (χ1n) is 16.9. The highest BCUT2D eigenvalue weighted by atomic mass is 32.1. The van der Waals surface area contributed by atoms with Crippen LogP contribution in [0.1, 0.15) is 0 Å². The number of rotatable bonds is 4. The number of hydrogen-bond donors (Lipinski definition) is 0. The van der Waals surface area contributed by atoms with Crippen molar-refractivity contribution >= 4 is 75.3 Å². The molecule has 5 nitrogen and oxygen atoms in total. The monoisotopic (exact) mass is 670 g/mol. The minimum atomic E-state index is 0.604. The molecule has 0 spiro atoms. The molecule has 0 radical (unpaired) electrons. The molecular formula is C45H26N4OS. The average Bonchev–Trinajstić information content (AvgIpc) is 3.86. The van der Waals surface area contributed by atoms with Crippen LogP contribution < -0.4 is 0 Å². The Morgan fingerprint density at radius 2 is 1.08 bits per heavy atom. The minimum Gasteiger partial charge on any atom is -0.456 e. The number of fused-ring (bicyclic) bond motifs is 9. The van der Waals surface area contributed by atoms with Crippen LogP contribution in [0.4, 0.5) is 0 Å². The van der Waals surface area contributed by atoms with Crippen molar-refractivity contribution in [2.75, 3.05) is 0 Å². The number of aromatic nitrogens is 4. The van der Waals surface area contributed by atoms with Gasteiger partial charge < -0.3 is 8.98 Å². The maximum atomic E-state index is 6.63. The summed E-state index contributed by atoms with van der Waals surface area (Å²) in [5.74, 6) is 1.88. The molecule has 7 aromatic carbocycles. The fourth-order valence-corrected chi connectivity index (χ4v) is 8.76. The van der Waals surface area contributed by atoms with E-state index in [1.165, 1.54) is 20.2 Å². The van der Waals surface area contributed by atoms with Gasteiger partial charge >= 0.3 is 0 Å². The molecule has 11 aromatic rings. The van der Waals surface area contributed by atoms with Crippen molar-refractivity contribution in [2.24, 2.45) is 0 Å². The van der Waals surface area contributed by atoms with Gasteiger partial charge in [0.25, 0.3) is 0 Å². The van der Waals surface area contributed by atoms with E-state index in [1.807, 2.05) is 30.3 Å². The molecule has 0 N–H and O–H groups in total. The van der Waals surface area contributed by atoms with Crippen molar-refractivity contribution in [1.82, 2.24) is 19.5 Å². The van der Waals surface area contributed by atoms with E-state index in [0.29, 0.717) is 17.5 Å². The predicted molar refractivity (Wildman–Crippen MR) is 211 cm³/mol. The Labute approximate surface area is 295 Å². The van der Waals surface area contributed by atoms with Crippen LogP contribution >= 0.6 is 11.3 Å². The molecular weight excluding hydrogens is 645 g/mol. The zero-order valence-electron chi connectivity index (χ0n) is 27.1. The van der Waals surface area contributed by atoms with Gasteiger partial charge in [0.2, 0.25) is 0 Å². The summed E-state index contributed by atoms with van der Waals surface area (Å²) in [4.78, 5) is 15.6. The summed E-state index contributed by atoms with van der Waals surface area (Å²) in [5, 5.41) is 6.70.